The van der Waals surface area contributed by atoms with Crippen LogP contribution in [0.5, 0.6) is 0 Å². The molecular formula is C14H12BrNO4Se. The van der Waals surface area contributed by atoms with Gasteiger partial charge in [-0.05, 0) is 0 Å². The van der Waals surface area contributed by atoms with Crippen LogP contribution >= 0.6 is 15.9 Å². The maximum absolute atomic E-state index is 11.8. The van der Waals surface area contributed by atoms with E-state index in [0.717, 1.165) is 10.1 Å². The van der Waals surface area contributed by atoms with Gasteiger partial charge in [0.2, 0.25) is 0 Å². The molecule has 0 radical (unpaired) electrons. The number of nitrogens with zero attached hydrogens (tertiary/aromatic N) is 1. The molecule has 0 spiro atoms. The van der Waals surface area contributed by atoms with E-state index in [0.29, 0.717) is 21.2 Å². The number of aromatic carboxylic acids is 1. The third-order valence-corrected chi connectivity index (χ3v) is 5.85. The molecule has 110 valence electrons. The molecule has 1 N–H and O–H groups in total. The molecule has 21 heavy (non-hydrogen) atoms. The fourth-order valence-corrected chi connectivity index (χ4v) is 4.28. The number of rotatable bonds is 4. The van der Waals surface area contributed by atoms with Crippen molar-refractivity contribution in [1.29, 1.82) is 0 Å². The van der Waals surface area contributed by atoms with Crippen molar-refractivity contribution in [2.24, 2.45) is 0 Å². The fraction of sp³-hybridized carbons (Fsp3) is 0.214. The molecule has 0 aliphatic heterocycles. The van der Waals surface area contributed by atoms with Crippen LogP contribution < -0.4 is 0 Å². The molecular weight excluding hydrogens is 405 g/mol. The number of ether oxygens (including phenoxy) is 1. The maximum atomic E-state index is 11.8. The zero-order valence-electron chi connectivity index (χ0n) is 11.3. The first-order chi connectivity index (χ1) is 9.93. The van der Waals surface area contributed by atoms with Gasteiger partial charge in [0.1, 0.15) is 0 Å². The Morgan fingerprint density at radius 3 is 2.71 bits per heavy atom. The van der Waals surface area contributed by atoms with Gasteiger partial charge in [0.15, 0.2) is 0 Å². The molecule has 0 aliphatic carbocycles. The second-order valence-electron chi connectivity index (χ2n) is 4.15. The number of benzene rings is 1. The van der Waals surface area contributed by atoms with Gasteiger partial charge in [0.05, 0.1) is 0 Å². The number of carbonyl (C=O) groups excluding carboxylic acids is 1. The minimum absolute atomic E-state index is 0.195. The van der Waals surface area contributed by atoms with Crippen molar-refractivity contribution < 1.29 is 19.4 Å². The predicted octanol–water partition coefficient (Wildman–Crippen LogP) is 2.75. The van der Waals surface area contributed by atoms with E-state index in [4.69, 9.17) is 9.84 Å². The first-order valence-electron chi connectivity index (χ1n) is 6.11. The van der Waals surface area contributed by atoms with Gasteiger partial charge in [-0.25, -0.2) is 0 Å². The topological polar surface area (TPSA) is 76.5 Å². The summed E-state index contributed by atoms with van der Waals surface area (Å²) in [4.78, 5) is 27.2. The molecule has 0 amide bonds. The van der Waals surface area contributed by atoms with E-state index in [1.54, 1.807) is 26.0 Å². The van der Waals surface area contributed by atoms with E-state index < -0.39 is 5.97 Å². The fourth-order valence-electron chi connectivity index (χ4n) is 1.73. The van der Waals surface area contributed by atoms with Crippen LogP contribution in [0.1, 0.15) is 32.2 Å². The second-order valence-corrected chi connectivity index (χ2v) is 7.10. The van der Waals surface area contributed by atoms with Crippen molar-refractivity contribution >= 4 is 42.4 Å². The van der Waals surface area contributed by atoms with Gasteiger partial charge < -0.3 is 0 Å². The van der Waals surface area contributed by atoms with Gasteiger partial charge in [-0.2, -0.15) is 0 Å². The van der Waals surface area contributed by atoms with Gasteiger partial charge in [0.25, 0.3) is 0 Å². The Labute approximate surface area is 135 Å². The number of hydrogen-bond acceptors (Lipinski definition) is 4. The van der Waals surface area contributed by atoms with Gasteiger partial charge in [0, 0.05) is 0 Å². The summed E-state index contributed by atoms with van der Waals surface area (Å²) < 4.78 is 6.91. The number of carbonyl (C=O) groups is 2. The van der Waals surface area contributed by atoms with Gasteiger partial charge in [-0.1, -0.05) is 0 Å². The van der Waals surface area contributed by atoms with E-state index in [1.165, 1.54) is 6.07 Å². The molecule has 1 aromatic carbocycles. The first-order valence-corrected chi connectivity index (χ1v) is 8.62. The summed E-state index contributed by atoms with van der Waals surface area (Å²) in [6.45, 7) is 3.88. The average molecular weight is 417 g/mol. The zero-order chi connectivity index (χ0) is 15.6. The van der Waals surface area contributed by atoms with Gasteiger partial charge in [-0.3, -0.25) is 0 Å². The molecule has 0 atom stereocenters. The summed E-state index contributed by atoms with van der Waals surface area (Å²) in [6, 6.07) is 4.94. The molecule has 0 unspecified atom stereocenters. The number of halogens is 1. The summed E-state index contributed by atoms with van der Waals surface area (Å²) in [5.74, 6) is -1.32. The van der Waals surface area contributed by atoms with Crippen LogP contribution in [0, 0.1) is 6.92 Å². The number of aromatic nitrogens is 1. The Bertz CT molecular complexity index is 711. The van der Waals surface area contributed by atoms with E-state index >= 15 is 0 Å². The third kappa shape index (κ3) is 3.43. The van der Waals surface area contributed by atoms with E-state index in [2.05, 4.69) is 20.9 Å². The summed E-state index contributed by atoms with van der Waals surface area (Å²) in [5, 5.41) is 9.01. The molecule has 0 saturated carbocycles. The Balaban J connectivity index is 2.39. The molecule has 1 heterocycles. The van der Waals surface area contributed by atoms with E-state index in [1.807, 2.05) is 0 Å². The van der Waals surface area contributed by atoms with Crippen molar-refractivity contribution in [3.8, 4) is 10.1 Å². The van der Waals surface area contributed by atoms with Crippen molar-refractivity contribution in [3.05, 3.63) is 38.4 Å². The number of carboxylic acids is 1. The molecule has 1 aromatic heterocycles. The molecule has 0 fully saturated rings. The van der Waals surface area contributed by atoms with Crippen LogP contribution in [0.25, 0.3) is 10.1 Å². The molecule has 2 rings (SSSR count). The van der Waals surface area contributed by atoms with Crippen LogP contribution in [0.3, 0.4) is 0 Å². The number of hydrogen-bond donors (Lipinski definition) is 1. The van der Waals surface area contributed by atoms with E-state index in [-0.39, 0.29) is 26.0 Å². The SMILES string of the molecule is CCOC(=O)c1[se]c(-c2ccc(C(=O)O)c(Br)c2)nc1C. The quantitative estimate of drug-likeness (QED) is 0.612. The molecule has 2 aromatic rings. The number of aryl methyl sites for hydroxylation is 1. The van der Waals surface area contributed by atoms with Crippen LogP contribution in [-0.4, -0.2) is 43.1 Å². The Hall–Kier alpha value is -1.43. The molecule has 5 nitrogen and oxygen atoms in total. The zero-order valence-corrected chi connectivity index (χ0v) is 14.6. The van der Waals surface area contributed by atoms with Gasteiger partial charge >= 0.3 is 136 Å². The molecule has 7 heteroatoms. The Morgan fingerprint density at radius 1 is 1.43 bits per heavy atom. The normalized spacial score (nSPS) is 10.4. The molecule has 0 bridgehead atoms. The Kier molecular flexibility index (Phi) is 4.98. The Morgan fingerprint density at radius 2 is 2.14 bits per heavy atom. The standard InChI is InChI=1S/C14H12BrNO4Se/c1-3-20-14(19)11-7(2)16-12(21-11)8-4-5-9(13(17)18)10(15)6-8/h4-6H,3H2,1-2H3,(H,17,18). The summed E-state index contributed by atoms with van der Waals surface area (Å²) in [6.07, 6.45) is 0. The molecule has 0 saturated heterocycles. The van der Waals surface area contributed by atoms with Crippen LogP contribution in [0.2, 0.25) is 0 Å². The average Bonchev–Trinajstić information content (AvgIpc) is 2.80. The van der Waals surface area contributed by atoms with Crippen molar-refractivity contribution in [1.82, 2.24) is 4.98 Å². The van der Waals surface area contributed by atoms with Crippen molar-refractivity contribution in [2.75, 3.05) is 6.61 Å². The summed E-state index contributed by atoms with van der Waals surface area (Å²) in [5.41, 5.74) is 1.67. The third-order valence-electron chi connectivity index (χ3n) is 2.70. The predicted molar refractivity (Wildman–Crippen MR) is 82.0 cm³/mol. The van der Waals surface area contributed by atoms with Crippen molar-refractivity contribution in [2.45, 2.75) is 13.8 Å². The summed E-state index contributed by atoms with van der Waals surface area (Å²) in [7, 11) is 0. The monoisotopic (exact) mass is 417 g/mol. The second kappa shape index (κ2) is 6.56. The van der Waals surface area contributed by atoms with Crippen LogP contribution in [0.15, 0.2) is 22.7 Å². The minimum atomic E-state index is -0.992. The molecule has 0 aliphatic rings. The van der Waals surface area contributed by atoms with Crippen LogP contribution in [0.4, 0.5) is 0 Å². The number of esters is 1. The van der Waals surface area contributed by atoms with Crippen LogP contribution in [-0.2, 0) is 4.74 Å². The number of carboxylic acid groups (broad SMARTS) is 1. The summed E-state index contributed by atoms with van der Waals surface area (Å²) >= 11 is 3.01. The van der Waals surface area contributed by atoms with Crippen molar-refractivity contribution in [3.63, 3.8) is 0 Å². The van der Waals surface area contributed by atoms with Gasteiger partial charge in [-0.15, -0.1) is 0 Å². The first kappa shape index (κ1) is 15.9. The van der Waals surface area contributed by atoms with E-state index in [9.17, 15) is 9.59 Å².